The van der Waals surface area contributed by atoms with E-state index < -0.39 is 93.1 Å². The summed E-state index contributed by atoms with van der Waals surface area (Å²) in [5.41, 5.74) is -3.39. The maximum absolute atomic E-state index is 13.6. The molecule has 0 aliphatic rings. The molecule has 0 aromatic heterocycles. The minimum atomic E-state index is -5.69. The number of hydrogen-bond donors (Lipinski definition) is 2. The first-order valence-corrected chi connectivity index (χ1v) is 10.5. The molecule has 19 heteroatoms. The van der Waals surface area contributed by atoms with Crippen LogP contribution < -0.4 is 20.9 Å². The monoisotopic (exact) mass is 632 g/mol. The molecule has 0 aliphatic carbocycles. The Morgan fingerprint density at radius 1 is 0.429 bits per heavy atom. The van der Waals surface area contributed by atoms with E-state index in [9.17, 15) is 65.9 Å². The average molecular weight is 632 g/mol. The Bertz CT molecular complexity index is 1380. The summed E-state index contributed by atoms with van der Waals surface area (Å²) >= 11 is 0. The highest BCUT2D eigenvalue weighted by Crippen LogP contribution is 2.51. The van der Waals surface area contributed by atoms with Crippen molar-refractivity contribution in [3.05, 3.63) is 70.3 Å². The Morgan fingerprint density at radius 3 is 1.02 bits per heavy atom. The van der Waals surface area contributed by atoms with E-state index in [0.717, 1.165) is 0 Å². The molecule has 0 radical (unpaired) electrons. The van der Waals surface area contributed by atoms with Crippen LogP contribution in [0.25, 0.3) is 0 Å². The van der Waals surface area contributed by atoms with Gasteiger partial charge in [0, 0.05) is 17.4 Å². The fourth-order valence-electron chi connectivity index (χ4n) is 3.53. The molecule has 0 unspecified atom stereocenters. The molecule has 230 valence electrons. The van der Waals surface area contributed by atoms with Crippen LogP contribution in [0.15, 0.2) is 42.5 Å². The first-order valence-electron chi connectivity index (χ1n) is 10.5. The minimum absolute atomic E-state index is 0.00287. The van der Waals surface area contributed by atoms with Gasteiger partial charge >= 0.3 is 30.9 Å². The normalized spacial score (nSPS) is 13.3. The fraction of sp³-hybridized carbons (Fsp3) is 0.217. The largest absolute Gasteiger partial charge is 0.456 e. The summed E-state index contributed by atoms with van der Waals surface area (Å²) in [5, 5.41) is 0. The molecule has 42 heavy (non-hydrogen) atoms. The van der Waals surface area contributed by atoms with E-state index in [1.807, 2.05) is 0 Å². The van der Waals surface area contributed by atoms with E-state index in [0.29, 0.717) is 0 Å². The molecule has 0 amide bonds. The van der Waals surface area contributed by atoms with Crippen molar-refractivity contribution in [3.63, 3.8) is 0 Å². The Labute approximate surface area is 223 Å². The fourth-order valence-corrected chi connectivity index (χ4v) is 3.53. The first-order chi connectivity index (χ1) is 18.8. The summed E-state index contributed by atoms with van der Waals surface area (Å²) in [5.74, 6) is -7.44. The lowest BCUT2D eigenvalue weighted by molar-refractivity contribution is -0.146. The van der Waals surface area contributed by atoms with Gasteiger partial charge in [-0.05, 0) is 36.4 Å². The summed E-state index contributed by atoms with van der Waals surface area (Å²) in [6, 6.07) is 0.0385. The predicted molar refractivity (Wildman–Crippen MR) is 113 cm³/mol. The van der Waals surface area contributed by atoms with Crippen molar-refractivity contribution in [2.45, 2.75) is 30.9 Å². The van der Waals surface area contributed by atoms with Gasteiger partial charge in [0.15, 0.2) is 11.5 Å². The van der Waals surface area contributed by atoms with E-state index in [1.54, 1.807) is 0 Å². The van der Waals surface area contributed by atoms with Gasteiger partial charge in [0.25, 0.3) is 0 Å². The minimum Gasteiger partial charge on any atom is -0.456 e. The van der Waals surface area contributed by atoms with Crippen LogP contribution >= 0.6 is 0 Å². The number of nitrogen functional groups attached to an aromatic ring is 2. The third-order valence-corrected chi connectivity index (χ3v) is 5.20. The molecule has 0 saturated carbocycles. The molecule has 0 atom stereocenters. The quantitative estimate of drug-likeness (QED) is 0.222. The van der Waals surface area contributed by atoms with Crippen molar-refractivity contribution in [3.8, 4) is 23.0 Å². The number of benzene rings is 3. The summed E-state index contributed by atoms with van der Waals surface area (Å²) in [4.78, 5) is 0. The lowest BCUT2D eigenvalue weighted by atomic mass is 10.0. The Balaban J connectivity index is 2.33. The summed E-state index contributed by atoms with van der Waals surface area (Å²) in [6.45, 7) is 0. The van der Waals surface area contributed by atoms with Crippen LogP contribution in [0.2, 0.25) is 0 Å². The molecule has 3 aromatic carbocycles. The van der Waals surface area contributed by atoms with Gasteiger partial charge in [-0.25, -0.2) is 0 Å². The lowest BCUT2D eigenvalue weighted by Gasteiger charge is -2.22. The number of halogens is 15. The molecule has 0 aliphatic heterocycles. The second-order valence-electron chi connectivity index (χ2n) is 8.20. The SMILES string of the molecule is Nc1ccc(C(F)(F)F)c(Oc2cc(Oc3c(C(F)(F)F)ccc(N)c3C(F)(F)F)cc(C(F)(F)F)c2)c1C(F)(F)F. The van der Waals surface area contributed by atoms with Gasteiger partial charge in [0.2, 0.25) is 0 Å². The predicted octanol–water partition coefficient (Wildman–Crippen LogP) is 9.53. The second kappa shape index (κ2) is 10.3. The van der Waals surface area contributed by atoms with Crippen molar-refractivity contribution in [1.82, 2.24) is 0 Å². The van der Waals surface area contributed by atoms with Gasteiger partial charge in [-0.3, -0.25) is 0 Å². The van der Waals surface area contributed by atoms with Crippen molar-refractivity contribution in [2.75, 3.05) is 11.5 Å². The van der Waals surface area contributed by atoms with Gasteiger partial charge in [-0.15, -0.1) is 0 Å². The first kappa shape index (κ1) is 32.3. The van der Waals surface area contributed by atoms with Crippen LogP contribution in [0.5, 0.6) is 23.0 Å². The van der Waals surface area contributed by atoms with E-state index in [4.69, 9.17) is 11.5 Å². The molecule has 0 saturated heterocycles. The van der Waals surface area contributed by atoms with Crippen LogP contribution in [0, 0.1) is 0 Å². The van der Waals surface area contributed by atoms with E-state index in [1.165, 1.54) is 0 Å². The van der Waals surface area contributed by atoms with Gasteiger partial charge in [0.05, 0.1) is 16.7 Å². The molecular formula is C23H11F15N2O2. The number of rotatable bonds is 4. The second-order valence-corrected chi connectivity index (χ2v) is 8.20. The molecule has 4 N–H and O–H groups in total. The molecule has 0 bridgehead atoms. The molecule has 4 nitrogen and oxygen atoms in total. The standard InChI is InChI=1S/C23H11F15N2O2/c24-19(25,26)8-5-9(41-17-11(20(27,28)29)1-3-13(39)15(17)22(33,34)35)7-10(6-8)42-18-12(21(30,31)32)2-4-14(40)16(18)23(36,37)38/h1-7H,39-40H2. The number of ether oxygens (including phenoxy) is 2. The van der Waals surface area contributed by atoms with Crippen molar-refractivity contribution in [2.24, 2.45) is 0 Å². The maximum atomic E-state index is 13.6. The summed E-state index contributed by atoms with van der Waals surface area (Å²) < 4.78 is 213. The highest BCUT2D eigenvalue weighted by molar-refractivity contribution is 5.63. The highest BCUT2D eigenvalue weighted by Gasteiger charge is 2.46. The Hall–Kier alpha value is -4.19. The molecule has 0 fully saturated rings. The van der Waals surface area contributed by atoms with Gasteiger partial charge < -0.3 is 20.9 Å². The van der Waals surface area contributed by atoms with Crippen molar-refractivity contribution < 1.29 is 75.3 Å². The molecule has 3 rings (SSSR count). The Kier molecular flexibility index (Phi) is 7.90. The molecular weight excluding hydrogens is 621 g/mol. The topological polar surface area (TPSA) is 70.5 Å². The van der Waals surface area contributed by atoms with E-state index >= 15 is 0 Å². The zero-order valence-corrected chi connectivity index (χ0v) is 19.7. The van der Waals surface area contributed by atoms with Gasteiger partial charge in [-0.1, -0.05) is 0 Å². The number of anilines is 2. The van der Waals surface area contributed by atoms with E-state index in [2.05, 4.69) is 9.47 Å². The zero-order chi connectivity index (χ0) is 32.2. The molecule has 0 heterocycles. The van der Waals surface area contributed by atoms with Crippen molar-refractivity contribution in [1.29, 1.82) is 0 Å². The van der Waals surface area contributed by atoms with Crippen LogP contribution in [-0.4, -0.2) is 0 Å². The maximum Gasteiger partial charge on any atom is 0.421 e. The highest BCUT2D eigenvalue weighted by atomic mass is 19.4. The number of nitrogens with two attached hydrogens (primary N) is 2. The van der Waals surface area contributed by atoms with Gasteiger partial charge in [0.1, 0.15) is 22.6 Å². The van der Waals surface area contributed by atoms with Crippen LogP contribution in [-0.2, 0) is 30.9 Å². The number of hydrogen-bond acceptors (Lipinski definition) is 4. The van der Waals surface area contributed by atoms with Crippen LogP contribution in [0.1, 0.15) is 27.8 Å². The smallest absolute Gasteiger partial charge is 0.421 e. The lowest BCUT2D eigenvalue weighted by Crippen LogP contribution is -2.17. The van der Waals surface area contributed by atoms with E-state index in [-0.39, 0.29) is 42.5 Å². The third-order valence-electron chi connectivity index (χ3n) is 5.20. The van der Waals surface area contributed by atoms with Crippen LogP contribution in [0.4, 0.5) is 77.2 Å². The molecule has 0 spiro atoms. The third kappa shape index (κ3) is 6.81. The summed E-state index contributed by atoms with van der Waals surface area (Å²) in [7, 11) is 0. The van der Waals surface area contributed by atoms with Gasteiger partial charge in [-0.2, -0.15) is 65.9 Å². The average Bonchev–Trinajstić information content (AvgIpc) is 2.75. The summed E-state index contributed by atoms with van der Waals surface area (Å²) in [6.07, 6.45) is -28.1. The Morgan fingerprint density at radius 2 is 0.762 bits per heavy atom. The number of alkyl halides is 15. The van der Waals surface area contributed by atoms with Crippen molar-refractivity contribution >= 4 is 11.4 Å². The van der Waals surface area contributed by atoms with Crippen LogP contribution in [0.3, 0.4) is 0 Å². The molecule has 3 aromatic rings. The zero-order valence-electron chi connectivity index (χ0n) is 19.7.